The lowest BCUT2D eigenvalue weighted by Gasteiger charge is -2.18. The van der Waals surface area contributed by atoms with E-state index >= 15 is 0 Å². The topological polar surface area (TPSA) is 107 Å². The molecule has 0 unspecified atom stereocenters. The molecule has 0 atom stereocenters. The van der Waals surface area contributed by atoms with Gasteiger partial charge in [-0.3, -0.25) is 4.79 Å². The van der Waals surface area contributed by atoms with Crippen molar-refractivity contribution in [3.05, 3.63) is 76.9 Å². The van der Waals surface area contributed by atoms with Crippen molar-refractivity contribution < 1.29 is 24.9 Å². The van der Waals surface area contributed by atoms with Crippen molar-refractivity contribution in [3.63, 3.8) is 0 Å². The molecule has 0 saturated heterocycles. The number of carboxylic acid groups (broad SMARTS) is 1. The van der Waals surface area contributed by atoms with Crippen molar-refractivity contribution in [1.82, 2.24) is 0 Å². The summed E-state index contributed by atoms with van der Waals surface area (Å²) in [5, 5.41) is 31.8. The molecule has 1 aliphatic carbocycles. The van der Waals surface area contributed by atoms with E-state index in [0.29, 0.717) is 29.7 Å². The van der Waals surface area contributed by atoms with Crippen molar-refractivity contribution in [1.29, 1.82) is 0 Å². The number of carboxylic acids is 1. The molecule has 0 spiro atoms. The fraction of sp³-hybridized carbons (Fsp3) is 0.200. The number of amides is 1. The average molecular weight is 417 g/mol. The molecule has 3 aromatic carbocycles. The first kappa shape index (κ1) is 20.5. The lowest BCUT2D eigenvalue weighted by molar-refractivity contribution is -0.118. The molecule has 1 amide bonds. The quantitative estimate of drug-likeness (QED) is 0.448. The summed E-state index contributed by atoms with van der Waals surface area (Å²) in [6.07, 6.45) is 1.31. The molecule has 0 radical (unpaired) electrons. The minimum atomic E-state index is -0.978. The van der Waals surface area contributed by atoms with E-state index < -0.39 is 11.4 Å². The molecule has 31 heavy (non-hydrogen) atoms. The second-order valence-electron chi connectivity index (χ2n) is 8.05. The van der Waals surface area contributed by atoms with Gasteiger partial charge in [-0.15, -0.1) is 0 Å². The molecule has 158 valence electrons. The second kappa shape index (κ2) is 7.47. The van der Waals surface area contributed by atoms with Crippen LogP contribution in [0.1, 0.15) is 39.9 Å². The van der Waals surface area contributed by atoms with Crippen LogP contribution in [-0.4, -0.2) is 27.2 Å². The highest BCUT2D eigenvalue weighted by Crippen LogP contribution is 2.50. The molecule has 6 heteroatoms. The van der Waals surface area contributed by atoms with Crippen LogP contribution >= 0.6 is 0 Å². The zero-order chi connectivity index (χ0) is 22.3. The van der Waals surface area contributed by atoms with Gasteiger partial charge in [0.25, 0.3) is 0 Å². The van der Waals surface area contributed by atoms with Gasteiger partial charge in [0, 0.05) is 5.69 Å². The maximum atomic E-state index is 13.1. The molecule has 6 nitrogen and oxygen atoms in total. The van der Waals surface area contributed by atoms with Gasteiger partial charge in [-0.2, -0.15) is 0 Å². The molecular formula is C25H23NO5. The van der Waals surface area contributed by atoms with Crippen LogP contribution in [0.25, 0.3) is 11.1 Å². The number of phenolic OH excluding ortho intramolecular Hbond substituents is 2. The van der Waals surface area contributed by atoms with Crippen LogP contribution in [0.3, 0.4) is 0 Å². The number of benzene rings is 3. The van der Waals surface area contributed by atoms with Crippen molar-refractivity contribution in [2.75, 3.05) is 5.32 Å². The van der Waals surface area contributed by atoms with Gasteiger partial charge < -0.3 is 20.6 Å². The molecule has 1 saturated carbocycles. The molecule has 0 aromatic heterocycles. The van der Waals surface area contributed by atoms with Gasteiger partial charge >= 0.3 is 5.97 Å². The summed E-state index contributed by atoms with van der Waals surface area (Å²) >= 11 is 0. The number of hydrogen-bond donors (Lipinski definition) is 4. The zero-order valence-corrected chi connectivity index (χ0v) is 17.3. The van der Waals surface area contributed by atoms with Gasteiger partial charge in [0.2, 0.25) is 5.91 Å². The Morgan fingerprint density at radius 2 is 1.65 bits per heavy atom. The summed E-state index contributed by atoms with van der Waals surface area (Å²) in [5.74, 6) is -1.62. The lowest BCUT2D eigenvalue weighted by Crippen LogP contribution is -2.27. The van der Waals surface area contributed by atoms with E-state index in [-0.39, 0.29) is 23.0 Å². The molecule has 1 aliphatic rings. The van der Waals surface area contributed by atoms with E-state index in [9.17, 15) is 24.9 Å². The third kappa shape index (κ3) is 3.61. The summed E-state index contributed by atoms with van der Waals surface area (Å²) in [6.45, 7) is 3.72. The maximum Gasteiger partial charge on any atom is 0.335 e. The van der Waals surface area contributed by atoms with Gasteiger partial charge in [-0.25, -0.2) is 4.79 Å². The fourth-order valence-electron chi connectivity index (χ4n) is 3.99. The first-order chi connectivity index (χ1) is 14.7. The Morgan fingerprint density at radius 3 is 2.29 bits per heavy atom. The Labute approximate surface area is 179 Å². The Balaban J connectivity index is 1.65. The number of aromatic carboxylic acids is 1. The Morgan fingerprint density at radius 1 is 0.903 bits per heavy atom. The Hall–Kier alpha value is -3.80. The van der Waals surface area contributed by atoms with Crippen LogP contribution in [0.2, 0.25) is 0 Å². The SMILES string of the molecule is Cc1ccc(NC(=O)C2(c3ccc(O)c(O)c3)CC2)cc1-c1cccc(C(=O)O)c1C. The number of rotatable bonds is 5. The maximum absolute atomic E-state index is 13.1. The summed E-state index contributed by atoms with van der Waals surface area (Å²) in [5.41, 5.74) is 4.08. The highest BCUT2D eigenvalue weighted by molar-refractivity contribution is 6.02. The predicted molar refractivity (Wildman–Crippen MR) is 118 cm³/mol. The van der Waals surface area contributed by atoms with Crippen molar-refractivity contribution in [3.8, 4) is 22.6 Å². The van der Waals surface area contributed by atoms with E-state index in [0.717, 1.165) is 16.7 Å². The van der Waals surface area contributed by atoms with E-state index in [1.165, 1.54) is 12.1 Å². The normalized spacial score (nSPS) is 14.1. The van der Waals surface area contributed by atoms with Crippen LogP contribution in [-0.2, 0) is 10.2 Å². The largest absolute Gasteiger partial charge is 0.504 e. The molecule has 4 rings (SSSR count). The lowest BCUT2D eigenvalue weighted by atomic mass is 9.92. The molecule has 3 aromatic rings. The monoisotopic (exact) mass is 417 g/mol. The second-order valence-corrected chi connectivity index (χ2v) is 8.05. The van der Waals surface area contributed by atoms with Crippen molar-refractivity contribution in [2.45, 2.75) is 32.1 Å². The number of carbonyl (C=O) groups is 2. The minimum Gasteiger partial charge on any atom is -0.504 e. The van der Waals surface area contributed by atoms with Gasteiger partial charge in [0.1, 0.15) is 0 Å². The van der Waals surface area contributed by atoms with E-state index in [2.05, 4.69) is 5.32 Å². The highest BCUT2D eigenvalue weighted by Gasteiger charge is 2.51. The predicted octanol–water partition coefficient (Wildman–Crippen LogP) is 4.75. The number of nitrogens with one attached hydrogen (secondary N) is 1. The molecule has 0 bridgehead atoms. The number of phenols is 2. The number of anilines is 1. The first-order valence-electron chi connectivity index (χ1n) is 10.0. The third-order valence-corrected chi connectivity index (χ3v) is 6.06. The summed E-state index contributed by atoms with van der Waals surface area (Å²) in [7, 11) is 0. The summed E-state index contributed by atoms with van der Waals surface area (Å²) in [4.78, 5) is 24.6. The van der Waals surface area contributed by atoms with Crippen LogP contribution < -0.4 is 5.32 Å². The van der Waals surface area contributed by atoms with Crippen molar-refractivity contribution >= 4 is 17.6 Å². The Kier molecular flexibility index (Phi) is 4.93. The summed E-state index contributed by atoms with van der Waals surface area (Å²) in [6, 6.07) is 15.2. The number of aryl methyl sites for hydroxylation is 1. The number of carbonyl (C=O) groups excluding carboxylic acids is 1. The number of hydrogen-bond acceptors (Lipinski definition) is 4. The Bertz CT molecular complexity index is 1210. The van der Waals surface area contributed by atoms with Crippen LogP contribution in [0.5, 0.6) is 11.5 Å². The van der Waals surface area contributed by atoms with Gasteiger partial charge in [0.15, 0.2) is 11.5 Å². The average Bonchev–Trinajstić information content (AvgIpc) is 3.54. The molecule has 4 N–H and O–H groups in total. The number of aromatic hydroxyl groups is 2. The van der Waals surface area contributed by atoms with E-state index in [1.54, 1.807) is 25.1 Å². The summed E-state index contributed by atoms with van der Waals surface area (Å²) < 4.78 is 0. The van der Waals surface area contributed by atoms with E-state index in [1.807, 2.05) is 31.2 Å². The fourth-order valence-corrected chi connectivity index (χ4v) is 3.99. The zero-order valence-electron chi connectivity index (χ0n) is 17.3. The smallest absolute Gasteiger partial charge is 0.335 e. The van der Waals surface area contributed by atoms with Gasteiger partial charge in [0.05, 0.1) is 11.0 Å². The molecule has 0 aliphatic heterocycles. The standard InChI is InChI=1S/C25H23NO5/c1-14-6-8-17(13-20(14)18-4-3-5-19(15(18)2)23(29)30)26-24(31)25(10-11-25)16-7-9-21(27)22(28)12-16/h3-9,12-13,27-28H,10-11H2,1-2H3,(H,26,31)(H,29,30). The van der Waals surface area contributed by atoms with Crippen LogP contribution in [0.4, 0.5) is 5.69 Å². The van der Waals surface area contributed by atoms with Crippen molar-refractivity contribution in [2.24, 2.45) is 0 Å². The van der Waals surface area contributed by atoms with Gasteiger partial charge in [-0.05, 0) is 84.8 Å². The van der Waals surface area contributed by atoms with Crippen LogP contribution in [0, 0.1) is 13.8 Å². The highest BCUT2D eigenvalue weighted by atomic mass is 16.4. The molecule has 0 heterocycles. The minimum absolute atomic E-state index is 0.177. The molecule has 1 fully saturated rings. The first-order valence-corrected chi connectivity index (χ1v) is 10.0. The molecular weight excluding hydrogens is 394 g/mol. The van der Waals surface area contributed by atoms with E-state index in [4.69, 9.17) is 0 Å². The van der Waals surface area contributed by atoms with Crippen LogP contribution in [0.15, 0.2) is 54.6 Å². The van der Waals surface area contributed by atoms with Gasteiger partial charge in [-0.1, -0.05) is 24.3 Å². The third-order valence-electron chi connectivity index (χ3n) is 6.06.